The lowest BCUT2D eigenvalue weighted by atomic mass is 9.98. The Morgan fingerprint density at radius 3 is 2.17 bits per heavy atom. The minimum Gasteiger partial charge on any atom is -0.497 e. The number of hydrogen-bond donors (Lipinski definition) is 2. The molecule has 35 heavy (non-hydrogen) atoms. The lowest BCUT2D eigenvalue weighted by Gasteiger charge is -2.17. The van der Waals surface area contributed by atoms with Gasteiger partial charge >= 0.3 is 12.1 Å². The van der Waals surface area contributed by atoms with Crippen molar-refractivity contribution in [3.05, 3.63) is 89.5 Å². The topological polar surface area (TPSA) is 84.9 Å². The maximum absolute atomic E-state index is 12.5. The van der Waals surface area contributed by atoms with E-state index in [0.717, 1.165) is 40.2 Å². The smallest absolute Gasteiger partial charge is 0.407 e. The van der Waals surface area contributed by atoms with E-state index in [0.29, 0.717) is 12.2 Å². The number of carboxylic acids is 1. The van der Waals surface area contributed by atoms with Gasteiger partial charge in [0.2, 0.25) is 0 Å². The first kappa shape index (κ1) is 24.7. The van der Waals surface area contributed by atoms with E-state index in [4.69, 9.17) is 9.47 Å². The number of aliphatic carboxylic acids is 1. The molecule has 0 fully saturated rings. The van der Waals surface area contributed by atoms with Crippen molar-refractivity contribution >= 4 is 23.8 Å². The summed E-state index contributed by atoms with van der Waals surface area (Å²) >= 11 is 1.66. The largest absolute Gasteiger partial charge is 0.497 e. The van der Waals surface area contributed by atoms with Crippen molar-refractivity contribution in [2.75, 3.05) is 25.2 Å². The monoisotopic (exact) mass is 491 g/mol. The van der Waals surface area contributed by atoms with Crippen LogP contribution in [0.4, 0.5) is 4.79 Å². The molecule has 2 N–H and O–H groups in total. The molecule has 1 aliphatic carbocycles. The van der Waals surface area contributed by atoms with Crippen LogP contribution in [0.25, 0.3) is 11.1 Å². The molecule has 0 radical (unpaired) electrons. The molecule has 7 heteroatoms. The zero-order valence-corrected chi connectivity index (χ0v) is 20.4. The molecule has 6 nitrogen and oxygen atoms in total. The Labute approximate surface area is 209 Å². The van der Waals surface area contributed by atoms with Gasteiger partial charge in [-0.15, -0.1) is 0 Å². The fourth-order valence-electron chi connectivity index (χ4n) is 4.33. The standard InChI is InChI=1S/C28H29NO5S/c1-33-20-12-10-19(11-13-20)14-16-35-17-15-26(27(30)31)29-28(32)34-18-25-23-8-4-2-6-21(23)22-7-3-5-9-24(22)25/h2-13,25-26H,14-18H2,1H3,(H,29,32)(H,30,31). The molecular weight excluding hydrogens is 462 g/mol. The molecule has 1 unspecified atom stereocenters. The summed E-state index contributed by atoms with van der Waals surface area (Å²) in [5, 5.41) is 12.1. The Morgan fingerprint density at radius 2 is 1.57 bits per heavy atom. The molecule has 4 rings (SSSR count). The van der Waals surface area contributed by atoms with Crippen LogP contribution in [-0.4, -0.2) is 48.4 Å². The van der Waals surface area contributed by atoms with E-state index >= 15 is 0 Å². The van der Waals surface area contributed by atoms with Crippen LogP contribution in [0.5, 0.6) is 5.75 Å². The molecule has 1 amide bonds. The summed E-state index contributed by atoms with van der Waals surface area (Å²) < 4.78 is 10.7. The van der Waals surface area contributed by atoms with Crippen molar-refractivity contribution in [2.24, 2.45) is 0 Å². The van der Waals surface area contributed by atoms with Crippen molar-refractivity contribution in [2.45, 2.75) is 24.8 Å². The number of ether oxygens (including phenoxy) is 2. The van der Waals surface area contributed by atoms with Gasteiger partial charge in [0.15, 0.2) is 0 Å². The average Bonchev–Trinajstić information content (AvgIpc) is 3.20. The van der Waals surface area contributed by atoms with Crippen molar-refractivity contribution in [3.8, 4) is 16.9 Å². The third kappa shape index (κ3) is 6.17. The summed E-state index contributed by atoms with van der Waals surface area (Å²) in [5.74, 6) is 1.18. The molecule has 0 bridgehead atoms. The van der Waals surface area contributed by atoms with Crippen molar-refractivity contribution < 1.29 is 24.2 Å². The number of carbonyl (C=O) groups is 2. The fourth-order valence-corrected chi connectivity index (χ4v) is 5.31. The molecule has 1 aliphatic rings. The van der Waals surface area contributed by atoms with Gasteiger partial charge in [0.1, 0.15) is 18.4 Å². The van der Waals surface area contributed by atoms with Gasteiger partial charge < -0.3 is 19.9 Å². The van der Waals surface area contributed by atoms with Crippen molar-refractivity contribution in [1.82, 2.24) is 5.32 Å². The van der Waals surface area contributed by atoms with Gasteiger partial charge in [-0.3, -0.25) is 0 Å². The number of carboxylic acid groups (broad SMARTS) is 1. The van der Waals surface area contributed by atoms with Crippen LogP contribution in [-0.2, 0) is 16.0 Å². The molecule has 182 valence electrons. The number of amides is 1. The van der Waals surface area contributed by atoms with Crippen LogP contribution < -0.4 is 10.1 Å². The van der Waals surface area contributed by atoms with Gasteiger partial charge in [-0.25, -0.2) is 9.59 Å². The predicted octanol–water partition coefficient (Wildman–Crippen LogP) is 5.35. The highest BCUT2D eigenvalue weighted by atomic mass is 32.2. The zero-order valence-electron chi connectivity index (χ0n) is 19.6. The average molecular weight is 492 g/mol. The van der Waals surface area contributed by atoms with Crippen molar-refractivity contribution in [3.63, 3.8) is 0 Å². The number of fused-ring (bicyclic) bond motifs is 3. The summed E-state index contributed by atoms with van der Waals surface area (Å²) in [5.41, 5.74) is 5.72. The first-order valence-corrected chi connectivity index (χ1v) is 12.8. The van der Waals surface area contributed by atoms with Gasteiger partial charge in [0.05, 0.1) is 7.11 Å². The number of carbonyl (C=O) groups excluding carboxylic acids is 1. The van der Waals surface area contributed by atoms with Gasteiger partial charge in [-0.2, -0.15) is 11.8 Å². The number of aryl methyl sites for hydroxylation is 1. The van der Waals surface area contributed by atoms with E-state index in [2.05, 4.69) is 17.4 Å². The zero-order chi connectivity index (χ0) is 24.6. The Hall–Kier alpha value is -3.45. The quantitative estimate of drug-likeness (QED) is 0.352. The summed E-state index contributed by atoms with van der Waals surface area (Å²) in [7, 11) is 1.64. The van der Waals surface area contributed by atoms with Crippen LogP contribution in [0.2, 0.25) is 0 Å². The van der Waals surface area contributed by atoms with E-state index in [1.54, 1.807) is 18.9 Å². The molecule has 3 aromatic carbocycles. The summed E-state index contributed by atoms with van der Waals surface area (Å²) in [6.07, 6.45) is 0.501. The fraction of sp³-hybridized carbons (Fsp3) is 0.286. The first-order chi connectivity index (χ1) is 17.1. The summed E-state index contributed by atoms with van der Waals surface area (Å²) in [4.78, 5) is 24.1. The van der Waals surface area contributed by atoms with Crippen LogP contribution in [0.3, 0.4) is 0 Å². The van der Waals surface area contributed by atoms with Crippen LogP contribution in [0.1, 0.15) is 29.0 Å². The first-order valence-electron chi connectivity index (χ1n) is 11.6. The van der Waals surface area contributed by atoms with Gasteiger partial charge in [0, 0.05) is 5.92 Å². The molecule has 0 aliphatic heterocycles. The highest BCUT2D eigenvalue weighted by Crippen LogP contribution is 2.44. The Bertz CT molecular complexity index is 1120. The predicted molar refractivity (Wildman–Crippen MR) is 138 cm³/mol. The van der Waals surface area contributed by atoms with Crippen LogP contribution in [0, 0.1) is 0 Å². The number of hydrogen-bond acceptors (Lipinski definition) is 5. The van der Waals surface area contributed by atoms with Crippen LogP contribution >= 0.6 is 11.8 Å². The molecule has 3 aromatic rings. The Kier molecular flexibility index (Phi) is 8.32. The van der Waals surface area contributed by atoms with Gasteiger partial charge in [-0.1, -0.05) is 60.7 Å². The minimum atomic E-state index is -1.06. The lowest BCUT2D eigenvalue weighted by Crippen LogP contribution is -2.41. The number of benzene rings is 3. The number of methoxy groups -OCH3 is 1. The van der Waals surface area contributed by atoms with E-state index in [-0.39, 0.29) is 12.5 Å². The van der Waals surface area contributed by atoms with E-state index < -0.39 is 18.1 Å². The minimum absolute atomic E-state index is 0.0649. The highest BCUT2D eigenvalue weighted by molar-refractivity contribution is 7.99. The normalized spacial score (nSPS) is 12.9. The number of alkyl carbamates (subject to hydrolysis) is 1. The molecule has 1 atom stereocenters. The summed E-state index contributed by atoms with van der Waals surface area (Å²) in [6, 6.07) is 23.1. The molecular formula is C28H29NO5S. The maximum Gasteiger partial charge on any atom is 0.407 e. The van der Waals surface area contributed by atoms with Crippen molar-refractivity contribution in [1.29, 1.82) is 0 Å². The second kappa shape index (κ2) is 11.8. The lowest BCUT2D eigenvalue weighted by molar-refractivity contribution is -0.139. The number of nitrogens with one attached hydrogen (secondary N) is 1. The van der Waals surface area contributed by atoms with E-state index in [9.17, 15) is 14.7 Å². The number of rotatable bonds is 11. The van der Waals surface area contributed by atoms with E-state index in [1.807, 2.05) is 60.7 Å². The molecule has 0 heterocycles. The molecule has 0 aromatic heterocycles. The van der Waals surface area contributed by atoms with Gasteiger partial charge in [0.25, 0.3) is 0 Å². The third-order valence-electron chi connectivity index (χ3n) is 6.18. The summed E-state index contributed by atoms with van der Waals surface area (Å²) in [6.45, 7) is 0.156. The van der Waals surface area contributed by atoms with E-state index in [1.165, 1.54) is 5.56 Å². The maximum atomic E-state index is 12.5. The number of thioether (sulfide) groups is 1. The Morgan fingerprint density at radius 1 is 0.943 bits per heavy atom. The SMILES string of the molecule is COc1ccc(CCSCCC(NC(=O)OCC2c3ccccc3-c3ccccc32)C(=O)O)cc1. The van der Waals surface area contributed by atoms with Gasteiger partial charge in [-0.05, 0) is 64.3 Å². The second-order valence-electron chi connectivity index (χ2n) is 8.36. The molecule has 0 saturated carbocycles. The highest BCUT2D eigenvalue weighted by Gasteiger charge is 2.29. The van der Waals surface area contributed by atoms with Crippen LogP contribution in [0.15, 0.2) is 72.8 Å². The Balaban J connectivity index is 1.23. The molecule has 0 spiro atoms. The molecule has 0 saturated heterocycles. The second-order valence-corrected chi connectivity index (χ2v) is 9.58. The third-order valence-corrected chi connectivity index (χ3v) is 7.20.